The minimum absolute atomic E-state index is 0. The summed E-state index contributed by atoms with van der Waals surface area (Å²) in [6.45, 7) is -0.927. The standard InChI is InChI=1S/C20H20N3O6S.CH3NO.Ta/c1-29-15-2-4-16(5-3-15)30(27,28)23(13-20(25)26)12-14-10-18-17(6-7-21-18)19(11-14)22-8-9-24;1-2-3;/h2-7,9-11,21H,8,12-13H2,1H3,(H,25,26);1H3;/q-1;;. The first-order valence-corrected chi connectivity index (χ1v) is 11.0. The van der Waals surface area contributed by atoms with Crippen molar-refractivity contribution >= 4 is 38.9 Å². The number of carboxylic acids is 1. The molecule has 1 radical (unpaired) electrons. The Kier molecular flexibility index (Phi) is 11.6. The van der Waals surface area contributed by atoms with E-state index in [0.29, 0.717) is 28.8 Å². The van der Waals surface area contributed by atoms with Gasteiger partial charge in [-0.05, 0) is 47.3 Å². The number of carbonyl (C=O) groups excluding carboxylic acids is 1. The second-order valence-electron chi connectivity index (χ2n) is 6.59. The summed E-state index contributed by atoms with van der Waals surface area (Å²) in [5.41, 5.74) is 1.76. The average molecular weight is 656 g/mol. The van der Waals surface area contributed by atoms with Crippen LogP contribution in [0, 0.1) is 4.91 Å². The molecule has 0 aliphatic carbocycles. The van der Waals surface area contributed by atoms with E-state index in [1.807, 2.05) is 0 Å². The number of aromatic amines is 1. The van der Waals surface area contributed by atoms with Crippen molar-refractivity contribution in [2.75, 3.05) is 27.2 Å². The largest absolute Gasteiger partial charge is 0.678 e. The van der Waals surface area contributed by atoms with Crippen LogP contribution in [0.4, 0.5) is 5.69 Å². The number of aldehydes is 1. The zero-order chi connectivity index (χ0) is 24.4. The molecule has 0 bridgehead atoms. The van der Waals surface area contributed by atoms with Crippen molar-refractivity contribution in [1.82, 2.24) is 9.29 Å². The maximum absolute atomic E-state index is 13.1. The van der Waals surface area contributed by atoms with Crippen molar-refractivity contribution < 1.29 is 50.2 Å². The zero-order valence-electron chi connectivity index (χ0n) is 18.4. The molecule has 0 atom stereocenters. The number of benzene rings is 2. The fourth-order valence-electron chi connectivity index (χ4n) is 3.04. The molecule has 34 heavy (non-hydrogen) atoms. The van der Waals surface area contributed by atoms with Gasteiger partial charge in [0.25, 0.3) is 0 Å². The van der Waals surface area contributed by atoms with E-state index < -0.39 is 22.5 Å². The molecular weight excluding hydrogens is 633 g/mol. The first-order chi connectivity index (χ1) is 15.8. The maximum atomic E-state index is 13.1. The number of sulfonamides is 1. The van der Waals surface area contributed by atoms with Crippen LogP contribution in [-0.2, 0) is 48.5 Å². The normalized spacial score (nSPS) is 10.6. The molecule has 1 aromatic heterocycles. The molecule has 0 aliphatic heterocycles. The van der Waals surface area contributed by atoms with E-state index in [2.05, 4.69) is 15.5 Å². The van der Waals surface area contributed by atoms with Crippen LogP contribution >= 0.6 is 0 Å². The summed E-state index contributed by atoms with van der Waals surface area (Å²) < 4.78 is 32.1. The molecule has 11 nitrogen and oxygen atoms in total. The molecule has 1 heterocycles. The van der Waals surface area contributed by atoms with Gasteiger partial charge >= 0.3 is 5.97 Å². The molecule has 0 saturated heterocycles. The number of hydrogen-bond acceptors (Lipinski definition) is 7. The summed E-state index contributed by atoms with van der Waals surface area (Å²) in [5.74, 6) is -0.795. The minimum Gasteiger partial charge on any atom is -0.678 e. The molecule has 181 valence electrons. The quantitative estimate of drug-likeness (QED) is 0.251. The number of nitroso groups, excluding NO2 is 1. The van der Waals surface area contributed by atoms with E-state index in [1.54, 1.807) is 24.4 Å². The Morgan fingerprint density at radius 1 is 1.24 bits per heavy atom. The van der Waals surface area contributed by atoms with Crippen LogP contribution in [0.3, 0.4) is 0 Å². The van der Waals surface area contributed by atoms with E-state index in [1.165, 1.54) is 38.4 Å². The van der Waals surface area contributed by atoms with E-state index >= 15 is 0 Å². The molecule has 3 aromatic rings. The Morgan fingerprint density at radius 3 is 2.44 bits per heavy atom. The molecule has 0 spiro atoms. The van der Waals surface area contributed by atoms with Gasteiger partial charge in [-0.25, -0.2) is 8.42 Å². The third-order valence-electron chi connectivity index (χ3n) is 4.41. The first-order valence-electron chi connectivity index (χ1n) is 9.55. The summed E-state index contributed by atoms with van der Waals surface area (Å²) in [7, 11) is -1.43. The summed E-state index contributed by atoms with van der Waals surface area (Å²) >= 11 is 0. The molecular formula is C21H23N4O7STa-. The Bertz CT molecular complexity index is 1210. The number of carbonyl (C=O) groups is 2. The van der Waals surface area contributed by atoms with E-state index in [4.69, 9.17) is 9.64 Å². The van der Waals surface area contributed by atoms with Gasteiger partial charge in [0.15, 0.2) is 0 Å². The molecule has 13 heteroatoms. The van der Waals surface area contributed by atoms with E-state index in [9.17, 15) is 23.1 Å². The van der Waals surface area contributed by atoms with Crippen LogP contribution in [0.2, 0.25) is 0 Å². The van der Waals surface area contributed by atoms with Crippen LogP contribution < -0.4 is 4.74 Å². The van der Waals surface area contributed by atoms with Gasteiger partial charge in [-0.1, -0.05) is 17.8 Å². The van der Waals surface area contributed by atoms with Crippen molar-refractivity contribution in [2.45, 2.75) is 11.4 Å². The average Bonchev–Trinajstić information content (AvgIpc) is 3.26. The predicted octanol–water partition coefficient (Wildman–Crippen LogP) is 3.04. The summed E-state index contributed by atoms with van der Waals surface area (Å²) in [6, 6.07) is 10.9. The number of aromatic nitrogens is 1. The number of ether oxygens (including phenoxy) is 1. The number of hydrogen-bond donors (Lipinski definition) is 2. The predicted molar refractivity (Wildman–Crippen MR) is 122 cm³/mol. The molecule has 0 unspecified atom stereocenters. The van der Waals surface area contributed by atoms with Crippen LogP contribution in [0.5, 0.6) is 5.75 Å². The fourth-order valence-corrected chi connectivity index (χ4v) is 4.42. The topological polar surface area (TPSA) is 160 Å². The van der Waals surface area contributed by atoms with E-state index in [0.717, 1.165) is 9.69 Å². The molecule has 0 saturated carbocycles. The Labute approximate surface area is 212 Å². The van der Waals surface area contributed by atoms with Gasteiger partial charge in [0.2, 0.25) is 10.0 Å². The maximum Gasteiger partial charge on any atom is 0.318 e. The van der Waals surface area contributed by atoms with Gasteiger partial charge in [0.1, 0.15) is 18.6 Å². The van der Waals surface area contributed by atoms with Gasteiger partial charge in [0, 0.05) is 40.6 Å². The number of nitrogens with zero attached hydrogens (tertiary/aromatic N) is 3. The molecule has 2 aromatic carbocycles. The molecule has 0 amide bonds. The number of H-pyrrole nitrogens is 1. The smallest absolute Gasteiger partial charge is 0.318 e. The monoisotopic (exact) mass is 656 g/mol. The molecule has 0 fully saturated rings. The summed E-state index contributed by atoms with van der Waals surface area (Å²) in [4.78, 5) is 33.6. The van der Waals surface area contributed by atoms with Gasteiger partial charge in [-0.2, -0.15) is 9.21 Å². The van der Waals surface area contributed by atoms with Crippen molar-refractivity contribution in [3.05, 3.63) is 64.4 Å². The number of nitrogens with one attached hydrogen (secondary N) is 1. The van der Waals surface area contributed by atoms with Crippen LogP contribution in [0.1, 0.15) is 5.56 Å². The van der Waals surface area contributed by atoms with Crippen molar-refractivity contribution in [1.29, 1.82) is 0 Å². The summed E-state index contributed by atoms with van der Waals surface area (Å²) in [6.07, 6.45) is 2.37. The van der Waals surface area contributed by atoms with Gasteiger partial charge in [0.05, 0.1) is 19.1 Å². The molecule has 2 N–H and O–H groups in total. The summed E-state index contributed by atoms with van der Waals surface area (Å²) in [5, 5.41) is 16.5. The van der Waals surface area contributed by atoms with Crippen LogP contribution in [0.15, 0.2) is 58.7 Å². The van der Waals surface area contributed by atoms with Crippen molar-refractivity contribution in [3.8, 4) is 5.75 Å². The number of carboxylic acid groups (broad SMARTS) is 1. The van der Waals surface area contributed by atoms with Crippen molar-refractivity contribution in [3.63, 3.8) is 0 Å². The fraction of sp³-hybridized carbons (Fsp3) is 0.238. The number of rotatable bonds is 10. The minimum atomic E-state index is -4.09. The van der Waals surface area contributed by atoms with Gasteiger partial charge in [-0.3, -0.25) is 4.79 Å². The third-order valence-corrected chi connectivity index (χ3v) is 6.22. The SMILES string of the molecule is CN=O.COc1ccc(S(=O)(=O)N(CC(=O)O)Cc2cc([N-]CC=O)c3cc[nH]c3c2)cc1.[Ta]. The van der Waals surface area contributed by atoms with Gasteiger partial charge in [-0.15, -0.1) is 5.69 Å². The Hall–Kier alpha value is -3.03. The number of aliphatic carboxylic acids is 1. The second kappa shape index (κ2) is 13.6. The zero-order valence-corrected chi connectivity index (χ0v) is 22.4. The van der Waals surface area contributed by atoms with Crippen molar-refractivity contribution in [2.24, 2.45) is 5.18 Å². The van der Waals surface area contributed by atoms with E-state index in [-0.39, 0.29) is 40.4 Å². The molecule has 0 aliphatic rings. The van der Waals surface area contributed by atoms with Crippen LogP contribution in [0.25, 0.3) is 16.2 Å². The van der Waals surface area contributed by atoms with Crippen LogP contribution in [-0.4, -0.2) is 62.3 Å². The van der Waals surface area contributed by atoms with Gasteiger partial charge < -0.3 is 24.9 Å². The Balaban J connectivity index is 0.00000137. The Morgan fingerprint density at radius 2 is 1.88 bits per heavy atom. The first kappa shape index (κ1) is 29.0. The number of methoxy groups -OCH3 is 1. The number of fused-ring (bicyclic) bond motifs is 1. The second-order valence-corrected chi connectivity index (χ2v) is 8.52. The third kappa shape index (κ3) is 7.50. The molecule has 3 rings (SSSR count).